The fourth-order valence-corrected chi connectivity index (χ4v) is 5.18. The van der Waals surface area contributed by atoms with Crippen molar-refractivity contribution in [2.75, 3.05) is 23.3 Å². The predicted octanol–water partition coefficient (Wildman–Crippen LogP) is 4.20. The molecular formula is C29H29FN10O2. The van der Waals surface area contributed by atoms with Gasteiger partial charge in [0, 0.05) is 37.8 Å². The lowest BCUT2D eigenvalue weighted by molar-refractivity contribution is -0.117. The maximum Gasteiger partial charge on any atom is 0.243 e. The Bertz CT molecular complexity index is 1820. The van der Waals surface area contributed by atoms with Gasteiger partial charge in [0.1, 0.15) is 34.4 Å². The number of ether oxygens (including phenoxy) is 1. The van der Waals surface area contributed by atoms with E-state index in [9.17, 15) is 4.79 Å². The highest BCUT2D eigenvalue weighted by molar-refractivity contribution is 5.88. The van der Waals surface area contributed by atoms with E-state index in [0.717, 1.165) is 18.5 Å². The van der Waals surface area contributed by atoms with E-state index in [1.54, 1.807) is 42.1 Å². The van der Waals surface area contributed by atoms with Gasteiger partial charge in [0.2, 0.25) is 11.9 Å². The highest BCUT2D eigenvalue weighted by Gasteiger charge is 2.27. The van der Waals surface area contributed by atoms with Gasteiger partial charge in [-0.15, -0.1) is 5.10 Å². The van der Waals surface area contributed by atoms with Gasteiger partial charge in [-0.05, 0) is 49.6 Å². The minimum atomic E-state index is -0.486. The average molecular weight is 569 g/mol. The number of fused-ring (bicyclic) bond motifs is 2. The Kier molecular flexibility index (Phi) is 7.07. The topological polar surface area (TPSA) is 136 Å². The number of halogens is 1. The van der Waals surface area contributed by atoms with Crippen LogP contribution in [0.3, 0.4) is 0 Å². The number of piperidine rings is 1. The summed E-state index contributed by atoms with van der Waals surface area (Å²) in [6.45, 7) is 8.57. The number of benzene rings is 2. The van der Waals surface area contributed by atoms with Crippen LogP contribution in [-0.2, 0) is 11.8 Å². The third kappa shape index (κ3) is 5.28. The molecule has 2 aromatic carbocycles. The first-order valence-corrected chi connectivity index (χ1v) is 13.5. The second kappa shape index (κ2) is 11.0. The Morgan fingerprint density at radius 2 is 2.02 bits per heavy atom. The van der Waals surface area contributed by atoms with Crippen molar-refractivity contribution in [1.82, 2.24) is 40.2 Å². The molecule has 0 bridgehead atoms. The summed E-state index contributed by atoms with van der Waals surface area (Å²) in [6, 6.07) is 8.62. The van der Waals surface area contributed by atoms with Crippen LogP contribution in [0.15, 0.2) is 55.5 Å². The van der Waals surface area contributed by atoms with Crippen LogP contribution in [0.2, 0.25) is 0 Å². The molecule has 0 radical (unpaired) electrons. The smallest absolute Gasteiger partial charge is 0.243 e. The zero-order chi connectivity index (χ0) is 29.4. The normalized spacial score (nSPS) is 16.9. The van der Waals surface area contributed by atoms with Crippen LogP contribution in [0.4, 0.5) is 21.8 Å². The summed E-state index contributed by atoms with van der Waals surface area (Å²) in [5.41, 5.74) is 3.03. The van der Waals surface area contributed by atoms with Gasteiger partial charge in [-0.3, -0.25) is 4.79 Å². The lowest BCUT2D eigenvalue weighted by Gasteiger charge is -2.36. The number of aryl methyl sites for hydroxylation is 1. The molecule has 214 valence electrons. The molecule has 0 aliphatic carbocycles. The third-order valence-corrected chi connectivity index (χ3v) is 7.24. The number of rotatable bonds is 7. The number of amides is 1. The summed E-state index contributed by atoms with van der Waals surface area (Å²) in [5.74, 6) is 1.31. The van der Waals surface area contributed by atoms with Crippen molar-refractivity contribution in [2.24, 2.45) is 13.0 Å². The first-order valence-electron chi connectivity index (χ1n) is 13.5. The molecule has 1 saturated heterocycles. The SMILES string of the molecule is C=CC(=O)N[C@H]1C[C@@H](C)CN(c2ncc3ncnc(Nc4ccc(Oc5ccc6c(c5)nnn6C)c(C)c4F)c3n2)C1. The van der Waals surface area contributed by atoms with Crippen molar-refractivity contribution >= 4 is 45.4 Å². The van der Waals surface area contributed by atoms with Gasteiger partial charge in [0.15, 0.2) is 11.6 Å². The molecule has 12 nitrogen and oxygen atoms in total. The Hall–Kier alpha value is -5.20. The predicted molar refractivity (Wildman–Crippen MR) is 156 cm³/mol. The molecule has 6 rings (SSSR count). The first-order chi connectivity index (χ1) is 20.3. The van der Waals surface area contributed by atoms with Crippen LogP contribution in [0, 0.1) is 18.7 Å². The van der Waals surface area contributed by atoms with Crippen LogP contribution in [0.25, 0.3) is 22.1 Å². The van der Waals surface area contributed by atoms with Crippen molar-refractivity contribution in [3.05, 3.63) is 66.9 Å². The summed E-state index contributed by atoms with van der Waals surface area (Å²) < 4.78 is 23.3. The number of nitrogens with one attached hydrogen (secondary N) is 2. The van der Waals surface area contributed by atoms with E-state index in [1.807, 2.05) is 18.0 Å². The molecule has 3 aromatic heterocycles. The minimum absolute atomic E-state index is 0.0662. The van der Waals surface area contributed by atoms with Crippen molar-refractivity contribution in [2.45, 2.75) is 26.3 Å². The highest BCUT2D eigenvalue weighted by Crippen LogP contribution is 2.33. The monoisotopic (exact) mass is 568 g/mol. The summed E-state index contributed by atoms with van der Waals surface area (Å²) in [4.78, 5) is 31.8. The Labute approximate surface area is 240 Å². The van der Waals surface area contributed by atoms with Gasteiger partial charge in [0.25, 0.3) is 0 Å². The molecule has 42 heavy (non-hydrogen) atoms. The van der Waals surface area contributed by atoms with E-state index < -0.39 is 5.82 Å². The molecule has 2 atom stereocenters. The number of hydrogen-bond acceptors (Lipinski definition) is 10. The lowest BCUT2D eigenvalue weighted by Crippen LogP contribution is -2.50. The largest absolute Gasteiger partial charge is 0.457 e. The molecule has 1 aliphatic rings. The molecule has 0 saturated carbocycles. The standard InChI is InChI=1S/C29H29FN10O2/c1-5-25(41)34-18-10-16(2)13-40(14-18)29-31-12-22-27(36-29)28(33-15-32-22)35-20-7-9-24(17(3)26(20)30)42-19-6-8-23-21(11-19)37-38-39(23)4/h5-9,11-12,15-16,18H,1,10,13-14H2,2-4H3,(H,34,41)(H,32,33,35)/t16-,18+/m1/s1. The third-order valence-electron chi connectivity index (χ3n) is 7.24. The molecule has 0 unspecified atom stereocenters. The van der Waals surface area contributed by atoms with Crippen molar-refractivity contribution in [3.63, 3.8) is 0 Å². The molecule has 1 amide bonds. The van der Waals surface area contributed by atoms with Gasteiger partial charge in [-0.1, -0.05) is 18.7 Å². The van der Waals surface area contributed by atoms with Gasteiger partial charge < -0.3 is 20.3 Å². The summed E-state index contributed by atoms with van der Waals surface area (Å²) in [5, 5.41) is 14.2. The number of hydrogen-bond donors (Lipinski definition) is 2. The van der Waals surface area contributed by atoms with Crippen LogP contribution in [0.1, 0.15) is 18.9 Å². The van der Waals surface area contributed by atoms with Gasteiger partial charge >= 0.3 is 0 Å². The molecular weight excluding hydrogens is 539 g/mol. The van der Waals surface area contributed by atoms with E-state index >= 15 is 4.39 Å². The second-order valence-corrected chi connectivity index (χ2v) is 10.4. The maximum atomic E-state index is 15.6. The zero-order valence-electron chi connectivity index (χ0n) is 23.4. The molecule has 2 N–H and O–H groups in total. The van der Waals surface area contributed by atoms with E-state index in [0.29, 0.717) is 57.8 Å². The highest BCUT2D eigenvalue weighted by atomic mass is 19.1. The van der Waals surface area contributed by atoms with E-state index in [-0.39, 0.29) is 17.6 Å². The zero-order valence-corrected chi connectivity index (χ0v) is 23.4. The fraction of sp³-hybridized carbons (Fsp3) is 0.276. The molecule has 1 fully saturated rings. The van der Waals surface area contributed by atoms with Crippen LogP contribution in [0.5, 0.6) is 11.5 Å². The quantitative estimate of drug-likeness (QED) is 0.275. The molecule has 0 spiro atoms. The second-order valence-electron chi connectivity index (χ2n) is 10.4. The van der Waals surface area contributed by atoms with E-state index in [2.05, 4.69) is 49.4 Å². The Morgan fingerprint density at radius 3 is 2.86 bits per heavy atom. The Morgan fingerprint density at radius 1 is 1.17 bits per heavy atom. The van der Waals surface area contributed by atoms with Gasteiger partial charge in [0.05, 0.1) is 17.4 Å². The van der Waals surface area contributed by atoms with Gasteiger partial charge in [-0.25, -0.2) is 29.0 Å². The van der Waals surface area contributed by atoms with Crippen molar-refractivity contribution < 1.29 is 13.9 Å². The van der Waals surface area contributed by atoms with E-state index in [4.69, 9.17) is 9.72 Å². The van der Waals surface area contributed by atoms with Crippen molar-refractivity contribution in [3.8, 4) is 11.5 Å². The summed E-state index contributed by atoms with van der Waals surface area (Å²) in [6.07, 6.45) is 5.10. The summed E-state index contributed by atoms with van der Waals surface area (Å²) >= 11 is 0. The minimum Gasteiger partial charge on any atom is -0.457 e. The molecule has 4 heterocycles. The number of nitrogens with zero attached hydrogens (tertiary/aromatic N) is 8. The molecule has 5 aromatic rings. The van der Waals surface area contributed by atoms with Crippen LogP contribution in [-0.4, -0.2) is 60.0 Å². The first kappa shape index (κ1) is 27.0. The lowest BCUT2D eigenvalue weighted by atomic mass is 9.96. The number of aromatic nitrogens is 7. The number of carbonyl (C=O) groups excluding carboxylic acids is 1. The number of carbonyl (C=O) groups is 1. The van der Waals surface area contributed by atoms with Gasteiger partial charge in [-0.2, -0.15) is 0 Å². The van der Waals surface area contributed by atoms with Crippen molar-refractivity contribution in [1.29, 1.82) is 0 Å². The molecule has 1 aliphatic heterocycles. The molecule has 13 heteroatoms. The summed E-state index contributed by atoms with van der Waals surface area (Å²) in [7, 11) is 1.81. The fourth-order valence-electron chi connectivity index (χ4n) is 5.18. The number of anilines is 3. The Balaban J connectivity index is 1.25. The van der Waals surface area contributed by atoms with Crippen LogP contribution < -0.4 is 20.3 Å². The van der Waals surface area contributed by atoms with E-state index in [1.165, 1.54) is 12.4 Å². The average Bonchev–Trinajstić information content (AvgIpc) is 3.36. The van der Waals surface area contributed by atoms with Crippen LogP contribution >= 0.6 is 0 Å². The maximum absolute atomic E-state index is 15.6.